The lowest BCUT2D eigenvalue weighted by molar-refractivity contribution is -0.135. The van der Waals surface area contributed by atoms with Crippen molar-refractivity contribution in [3.63, 3.8) is 0 Å². The van der Waals surface area contributed by atoms with Gasteiger partial charge in [0, 0.05) is 37.3 Å². The molecule has 9 rings (SSSR count). The summed E-state index contributed by atoms with van der Waals surface area (Å²) in [6.07, 6.45) is 6.61. The maximum absolute atomic E-state index is 14.3. The number of imidazole rings is 2. The number of hydrogen-bond acceptors (Lipinski definition) is 8. The highest BCUT2D eigenvalue weighted by Crippen LogP contribution is 2.36. The Labute approximate surface area is 389 Å². The second-order valence-electron chi connectivity index (χ2n) is 17.1. The minimum atomic E-state index is -0.889. The van der Waals surface area contributed by atoms with E-state index in [9.17, 15) is 24.3 Å². The van der Waals surface area contributed by atoms with Gasteiger partial charge in [-0.15, -0.1) is 0 Å². The zero-order valence-corrected chi connectivity index (χ0v) is 37.2. The van der Waals surface area contributed by atoms with Crippen LogP contribution < -0.4 is 10.6 Å². The molecule has 0 aliphatic carbocycles. The molecule has 6 aromatic rings. The summed E-state index contributed by atoms with van der Waals surface area (Å²) in [5, 5.41) is 15.7. The van der Waals surface area contributed by atoms with Crippen LogP contribution in [0.4, 0.5) is 9.59 Å². The number of amides is 5. The summed E-state index contributed by atoms with van der Waals surface area (Å²) in [4.78, 5) is 75.4. The van der Waals surface area contributed by atoms with Crippen molar-refractivity contribution in [3.8, 4) is 34.4 Å². The summed E-state index contributed by atoms with van der Waals surface area (Å²) >= 11 is 0. The molecule has 3 saturated heterocycles. The molecule has 4 unspecified atom stereocenters. The van der Waals surface area contributed by atoms with Crippen LogP contribution in [0.3, 0.4) is 0 Å². The molecule has 0 spiro atoms. The zero-order chi connectivity index (χ0) is 46.3. The van der Waals surface area contributed by atoms with Gasteiger partial charge in [-0.2, -0.15) is 0 Å². The Balaban J connectivity index is 0.827. The number of nitrogens with one attached hydrogen (secondary N) is 4. The molecule has 15 nitrogen and oxygen atoms in total. The number of likely N-dealkylation sites (tertiary alicyclic amines) is 3. The summed E-state index contributed by atoms with van der Waals surface area (Å²) in [7, 11) is 1.28. The number of aliphatic hydroxyl groups excluding tert-OH is 1. The molecule has 2 aromatic heterocycles. The van der Waals surface area contributed by atoms with Crippen molar-refractivity contribution >= 4 is 23.9 Å². The van der Waals surface area contributed by atoms with E-state index in [1.54, 1.807) is 22.2 Å². The molecule has 5 amide bonds. The van der Waals surface area contributed by atoms with E-state index in [4.69, 9.17) is 9.72 Å². The van der Waals surface area contributed by atoms with Crippen LogP contribution in [0.5, 0.6) is 0 Å². The van der Waals surface area contributed by atoms with E-state index in [1.807, 2.05) is 114 Å². The third-order valence-corrected chi connectivity index (χ3v) is 12.9. The summed E-state index contributed by atoms with van der Waals surface area (Å²) in [6, 6.07) is 31.7. The number of hydrogen-bond donors (Lipinski definition) is 5. The van der Waals surface area contributed by atoms with Gasteiger partial charge in [-0.25, -0.2) is 19.6 Å². The van der Waals surface area contributed by atoms with E-state index < -0.39 is 24.3 Å². The molecular formula is C52H53N9O6. The van der Waals surface area contributed by atoms with Crippen LogP contribution in [-0.2, 0) is 14.3 Å². The molecule has 0 radical (unpaired) electrons. The minimum Gasteiger partial charge on any atom is -0.453 e. The lowest BCUT2D eigenvalue weighted by atomic mass is 10.0. The van der Waals surface area contributed by atoms with Gasteiger partial charge in [0.1, 0.15) is 23.7 Å². The van der Waals surface area contributed by atoms with Crippen LogP contribution in [0, 0.1) is 11.8 Å². The number of aromatic amines is 2. The first-order valence-corrected chi connectivity index (χ1v) is 22.8. The fourth-order valence-electron chi connectivity index (χ4n) is 9.20. The quantitative estimate of drug-likeness (QED) is 0.0893. The van der Waals surface area contributed by atoms with Crippen LogP contribution in [0.15, 0.2) is 122 Å². The van der Waals surface area contributed by atoms with Crippen molar-refractivity contribution in [3.05, 3.63) is 155 Å². The van der Waals surface area contributed by atoms with Crippen molar-refractivity contribution in [2.24, 2.45) is 0 Å². The van der Waals surface area contributed by atoms with Gasteiger partial charge in [-0.3, -0.25) is 9.59 Å². The van der Waals surface area contributed by atoms with Crippen molar-refractivity contribution in [2.45, 2.75) is 68.8 Å². The van der Waals surface area contributed by atoms with Crippen LogP contribution in [0.1, 0.15) is 96.6 Å². The highest BCUT2D eigenvalue weighted by molar-refractivity contribution is 5.89. The number of nitrogens with zero attached hydrogens (tertiary/aromatic N) is 5. The van der Waals surface area contributed by atoms with E-state index in [-0.39, 0.29) is 29.9 Å². The van der Waals surface area contributed by atoms with E-state index in [0.29, 0.717) is 61.8 Å². The molecule has 0 saturated carbocycles. The number of carbonyl (C=O) groups is 4. The molecule has 3 aliphatic rings. The molecule has 5 heterocycles. The molecule has 4 aromatic carbocycles. The number of aliphatic hydroxyl groups is 1. The normalized spacial score (nSPS) is 18.1. The number of carbonyl (C=O) groups excluding carboxylic acids is 4. The van der Waals surface area contributed by atoms with Gasteiger partial charge in [-0.1, -0.05) is 96.8 Å². The average Bonchev–Trinajstić information content (AvgIpc) is 4.23. The first-order chi connectivity index (χ1) is 32.7. The lowest BCUT2D eigenvalue weighted by Crippen LogP contribution is -2.50. The Bertz CT molecular complexity index is 2740. The highest BCUT2D eigenvalue weighted by atomic mass is 16.5. The van der Waals surface area contributed by atoms with E-state index in [1.165, 1.54) is 7.11 Å². The second-order valence-corrected chi connectivity index (χ2v) is 17.1. The number of alkyl carbamates (subject to hydrolysis) is 1. The summed E-state index contributed by atoms with van der Waals surface area (Å²) in [5.74, 6) is 7.50. The zero-order valence-electron chi connectivity index (χ0n) is 37.2. The van der Waals surface area contributed by atoms with Crippen LogP contribution >= 0.6 is 0 Å². The average molecular weight is 900 g/mol. The second kappa shape index (κ2) is 20.2. The maximum Gasteiger partial charge on any atom is 0.407 e. The molecule has 15 heteroatoms. The summed E-state index contributed by atoms with van der Waals surface area (Å²) in [5.41, 5.74) is 6.59. The number of urea groups is 1. The molecule has 3 fully saturated rings. The van der Waals surface area contributed by atoms with Gasteiger partial charge >= 0.3 is 12.1 Å². The first-order valence-electron chi connectivity index (χ1n) is 22.8. The SMILES string of the molecule is COC(=O)NC(C(=O)N1CCCC1c1ncc(-c2ccc(C#Cc3ccc(-c4cnc(C5CCCN5C(=O)C(NC(=O)N5CCC(O)CC5)c5ccccc5)[nH]4)cc3)cc2)[nH]1)c1ccccc1. The van der Waals surface area contributed by atoms with Crippen molar-refractivity contribution in [1.29, 1.82) is 0 Å². The number of piperidine rings is 1. The van der Waals surface area contributed by atoms with Crippen LogP contribution in [-0.4, -0.2) is 103 Å². The Hall–Kier alpha value is -7.70. The van der Waals surface area contributed by atoms with E-state index in [0.717, 1.165) is 59.3 Å². The molecule has 0 bridgehead atoms. The van der Waals surface area contributed by atoms with Gasteiger partial charge in [-0.05, 0) is 85.0 Å². The van der Waals surface area contributed by atoms with Gasteiger partial charge in [0.05, 0.1) is 49.1 Å². The van der Waals surface area contributed by atoms with Crippen LogP contribution in [0.2, 0.25) is 0 Å². The number of ether oxygens (including phenoxy) is 1. The molecular weight excluding hydrogens is 847 g/mol. The Morgan fingerprint density at radius 3 is 1.52 bits per heavy atom. The minimum absolute atomic E-state index is 0.184. The molecule has 342 valence electrons. The number of rotatable bonds is 10. The Morgan fingerprint density at radius 1 is 0.627 bits per heavy atom. The van der Waals surface area contributed by atoms with Gasteiger partial charge in [0.2, 0.25) is 5.91 Å². The van der Waals surface area contributed by atoms with E-state index >= 15 is 0 Å². The molecule has 4 atom stereocenters. The smallest absolute Gasteiger partial charge is 0.407 e. The third-order valence-electron chi connectivity index (χ3n) is 12.9. The largest absolute Gasteiger partial charge is 0.453 e. The van der Waals surface area contributed by atoms with Crippen molar-refractivity contribution in [1.82, 2.24) is 45.3 Å². The molecule has 67 heavy (non-hydrogen) atoms. The van der Waals surface area contributed by atoms with E-state index in [2.05, 4.69) is 37.4 Å². The number of aromatic nitrogens is 4. The van der Waals surface area contributed by atoms with Crippen molar-refractivity contribution < 1.29 is 29.0 Å². The number of methoxy groups -OCH3 is 1. The standard InChI is InChI=1S/C52H53N9O6/c1-67-52(66)58-46(39-12-6-3-7-13-39)50(64)61-29-9-15-44(61)48-54-33-42(56-48)37-24-20-35(21-25-37)17-16-34-18-22-36(23-19-34)41-32-53-47(55-41)43-14-8-28-60(43)49(63)45(38-10-4-2-5-11-38)57-51(65)59-30-26-40(62)27-31-59/h2-7,10-13,18-25,32-33,40,43-46,62H,8-9,14-15,26-31H2,1H3,(H,53,55)(H,54,56)(H,57,65)(H,58,66). The van der Waals surface area contributed by atoms with Gasteiger partial charge < -0.3 is 45.1 Å². The monoisotopic (exact) mass is 899 g/mol. The molecule has 5 N–H and O–H groups in total. The third kappa shape index (κ3) is 10.1. The first kappa shape index (κ1) is 44.5. The van der Waals surface area contributed by atoms with Crippen molar-refractivity contribution in [2.75, 3.05) is 33.3 Å². The summed E-state index contributed by atoms with van der Waals surface area (Å²) in [6.45, 7) is 1.97. The maximum atomic E-state index is 14.3. The predicted molar refractivity (Wildman–Crippen MR) is 251 cm³/mol. The predicted octanol–water partition coefficient (Wildman–Crippen LogP) is 7.20. The summed E-state index contributed by atoms with van der Waals surface area (Å²) < 4.78 is 4.83. The van der Waals surface area contributed by atoms with Crippen LogP contribution in [0.25, 0.3) is 22.5 Å². The molecule has 3 aliphatic heterocycles. The lowest BCUT2D eigenvalue weighted by Gasteiger charge is -2.33. The highest BCUT2D eigenvalue weighted by Gasteiger charge is 2.39. The Morgan fingerprint density at radius 2 is 1.07 bits per heavy atom. The fraction of sp³-hybridized carbons (Fsp3) is 0.308. The number of benzene rings is 4. The number of H-pyrrole nitrogens is 2. The Kier molecular flexibility index (Phi) is 13.4. The van der Waals surface area contributed by atoms with Gasteiger partial charge in [0.25, 0.3) is 5.91 Å². The fourth-order valence-corrected chi connectivity index (χ4v) is 9.20. The topological polar surface area (TPSA) is 189 Å². The van der Waals surface area contributed by atoms with Gasteiger partial charge in [0.15, 0.2) is 0 Å².